The zero-order valence-corrected chi connectivity index (χ0v) is 14.9. The minimum atomic E-state index is -0.966. The molecule has 26 heavy (non-hydrogen) atoms. The highest BCUT2D eigenvalue weighted by molar-refractivity contribution is 9.10. The SMILES string of the molecule is O=C1COC(c2cn(-c3ccc(Br)cc3)nc2-c2ccc(F)cc2)N1O. The lowest BCUT2D eigenvalue weighted by Gasteiger charge is -2.15. The number of nitrogens with zero attached hydrogens (tertiary/aromatic N) is 3. The van der Waals surface area contributed by atoms with Crippen LogP contribution < -0.4 is 0 Å². The first-order valence-corrected chi connectivity index (χ1v) is 8.56. The molecule has 1 N–H and O–H groups in total. The molecule has 1 fully saturated rings. The van der Waals surface area contributed by atoms with Crippen LogP contribution in [0.4, 0.5) is 4.39 Å². The molecule has 1 unspecified atom stereocenters. The fourth-order valence-electron chi connectivity index (χ4n) is 2.77. The van der Waals surface area contributed by atoms with E-state index in [1.165, 1.54) is 12.1 Å². The molecule has 8 heteroatoms. The highest BCUT2D eigenvalue weighted by Gasteiger charge is 2.35. The highest BCUT2D eigenvalue weighted by Crippen LogP contribution is 2.34. The first-order valence-electron chi connectivity index (χ1n) is 7.77. The molecule has 132 valence electrons. The van der Waals surface area contributed by atoms with Crippen molar-refractivity contribution in [2.24, 2.45) is 0 Å². The van der Waals surface area contributed by atoms with E-state index in [-0.39, 0.29) is 12.4 Å². The van der Waals surface area contributed by atoms with E-state index < -0.39 is 12.1 Å². The fourth-order valence-corrected chi connectivity index (χ4v) is 3.03. The quantitative estimate of drug-likeness (QED) is 0.659. The zero-order valence-electron chi connectivity index (χ0n) is 13.3. The van der Waals surface area contributed by atoms with E-state index in [1.807, 2.05) is 24.3 Å². The molecule has 0 bridgehead atoms. The summed E-state index contributed by atoms with van der Waals surface area (Å²) in [6.45, 7) is -0.215. The van der Waals surface area contributed by atoms with Crippen molar-refractivity contribution in [1.82, 2.24) is 14.8 Å². The van der Waals surface area contributed by atoms with E-state index in [0.29, 0.717) is 21.9 Å². The molecule has 1 atom stereocenters. The Morgan fingerprint density at radius 1 is 1.15 bits per heavy atom. The van der Waals surface area contributed by atoms with Crippen LogP contribution in [0, 0.1) is 5.82 Å². The van der Waals surface area contributed by atoms with Crippen LogP contribution >= 0.6 is 15.9 Å². The number of hydrogen-bond donors (Lipinski definition) is 1. The van der Waals surface area contributed by atoms with Crippen LogP contribution in [0.25, 0.3) is 16.9 Å². The van der Waals surface area contributed by atoms with Crippen LogP contribution in [-0.2, 0) is 9.53 Å². The van der Waals surface area contributed by atoms with Gasteiger partial charge in [-0.3, -0.25) is 10.0 Å². The van der Waals surface area contributed by atoms with Crippen LogP contribution in [0.15, 0.2) is 59.2 Å². The summed E-state index contributed by atoms with van der Waals surface area (Å²) in [6.07, 6.45) is 0.723. The van der Waals surface area contributed by atoms with Gasteiger partial charge in [-0.1, -0.05) is 15.9 Å². The van der Waals surface area contributed by atoms with Crippen LogP contribution in [-0.4, -0.2) is 32.6 Å². The van der Waals surface area contributed by atoms with Crippen molar-refractivity contribution in [2.45, 2.75) is 6.23 Å². The maximum atomic E-state index is 13.3. The third-order valence-electron chi connectivity index (χ3n) is 4.06. The molecule has 3 aromatic rings. The van der Waals surface area contributed by atoms with E-state index in [0.717, 1.165) is 10.2 Å². The summed E-state index contributed by atoms with van der Waals surface area (Å²) in [6, 6.07) is 13.3. The van der Waals surface area contributed by atoms with Gasteiger partial charge < -0.3 is 4.74 Å². The second kappa shape index (κ2) is 6.64. The minimum absolute atomic E-state index is 0.215. The zero-order chi connectivity index (χ0) is 18.3. The van der Waals surface area contributed by atoms with Gasteiger partial charge in [0, 0.05) is 21.8 Å². The van der Waals surface area contributed by atoms with Crippen molar-refractivity contribution in [3.63, 3.8) is 0 Å². The molecule has 1 aliphatic heterocycles. The van der Waals surface area contributed by atoms with Crippen molar-refractivity contribution >= 4 is 21.8 Å². The van der Waals surface area contributed by atoms with Gasteiger partial charge in [0.1, 0.15) is 18.1 Å². The summed E-state index contributed by atoms with van der Waals surface area (Å²) in [5.74, 6) is -0.893. The number of carbonyl (C=O) groups excluding carboxylic acids is 1. The average molecular weight is 418 g/mol. The molecule has 4 rings (SSSR count). The van der Waals surface area contributed by atoms with E-state index in [2.05, 4.69) is 21.0 Å². The molecule has 0 aliphatic carbocycles. The molecule has 1 aromatic heterocycles. The molecule has 0 saturated carbocycles. The Bertz CT molecular complexity index is 957. The number of hydroxylamine groups is 2. The van der Waals surface area contributed by atoms with Crippen molar-refractivity contribution in [3.8, 4) is 16.9 Å². The van der Waals surface area contributed by atoms with Gasteiger partial charge in [0.2, 0.25) is 0 Å². The largest absolute Gasteiger partial charge is 0.342 e. The average Bonchev–Trinajstić information content (AvgIpc) is 3.21. The molecule has 6 nitrogen and oxygen atoms in total. The van der Waals surface area contributed by atoms with Gasteiger partial charge in [-0.05, 0) is 48.5 Å². The van der Waals surface area contributed by atoms with Crippen LogP contribution in [0.3, 0.4) is 0 Å². The first-order chi connectivity index (χ1) is 12.5. The summed E-state index contributed by atoms with van der Waals surface area (Å²) in [4.78, 5) is 11.6. The molecule has 2 aromatic carbocycles. The summed E-state index contributed by atoms with van der Waals surface area (Å²) in [5, 5.41) is 15.1. The number of hydrogen-bond acceptors (Lipinski definition) is 4. The molecule has 2 heterocycles. The number of halogens is 2. The molecular formula is C18H13BrFN3O3. The van der Waals surface area contributed by atoms with E-state index >= 15 is 0 Å². The predicted octanol–water partition coefficient (Wildman–Crippen LogP) is 3.69. The van der Waals surface area contributed by atoms with E-state index in [1.54, 1.807) is 23.0 Å². The number of ether oxygens (including phenoxy) is 1. The smallest absolute Gasteiger partial charge is 0.274 e. The summed E-state index contributed by atoms with van der Waals surface area (Å²) in [7, 11) is 0. The Hall–Kier alpha value is -2.55. The van der Waals surface area contributed by atoms with Gasteiger partial charge in [0.15, 0.2) is 6.23 Å². The Balaban J connectivity index is 1.83. The highest BCUT2D eigenvalue weighted by atomic mass is 79.9. The van der Waals surface area contributed by atoms with Gasteiger partial charge >= 0.3 is 0 Å². The van der Waals surface area contributed by atoms with Gasteiger partial charge in [-0.2, -0.15) is 10.2 Å². The number of aromatic nitrogens is 2. The van der Waals surface area contributed by atoms with Gasteiger partial charge in [0.05, 0.1) is 5.69 Å². The van der Waals surface area contributed by atoms with Crippen molar-refractivity contribution in [3.05, 3.63) is 70.6 Å². The fraction of sp³-hybridized carbons (Fsp3) is 0.111. The van der Waals surface area contributed by atoms with E-state index in [4.69, 9.17) is 4.74 Å². The lowest BCUT2D eigenvalue weighted by Crippen LogP contribution is -2.24. The van der Waals surface area contributed by atoms with Crippen LogP contribution in [0.2, 0.25) is 0 Å². The van der Waals surface area contributed by atoms with Crippen LogP contribution in [0.1, 0.15) is 11.8 Å². The van der Waals surface area contributed by atoms with Gasteiger partial charge in [-0.15, -0.1) is 0 Å². The van der Waals surface area contributed by atoms with Crippen molar-refractivity contribution < 1.29 is 19.1 Å². The monoisotopic (exact) mass is 417 g/mol. The Kier molecular flexibility index (Phi) is 4.31. The molecule has 1 saturated heterocycles. The molecule has 0 radical (unpaired) electrons. The second-order valence-electron chi connectivity index (χ2n) is 5.76. The third-order valence-corrected chi connectivity index (χ3v) is 4.59. The van der Waals surface area contributed by atoms with Crippen molar-refractivity contribution in [2.75, 3.05) is 6.61 Å². The van der Waals surface area contributed by atoms with Crippen LogP contribution in [0.5, 0.6) is 0 Å². The molecular weight excluding hydrogens is 405 g/mol. The Morgan fingerprint density at radius 3 is 2.46 bits per heavy atom. The Labute approximate surface area is 156 Å². The Morgan fingerprint density at radius 2 is 1.85 bits per heavy atom. The summed E-state index contributed by atoms with van der Waals surface area (Å²) in [5.41, 5.74) is 2.43. The topological polar surface area (TPSA) is 67.6 Å². The van der Waals surface area contributed by atoms with Gasteiger partial charge in [0.25, 0.3) is 5.91 Å². The summed E-state index contributed by atoms with van der Waals surface area (Å²) < 4.78 is 21.2. The first kappa shape index (κ1) is 16.9. The normalized spacial score (nSPS) is 17.1. The molecule has 1 amide bonds. The molecule has 0 spiro atoms. The molecule has 1 aliphatic rings. The second-order valence-corrected chi connectivity index (χ2v) is 6.68. The minimum Gasteiger partial charge on any atom is -0.342 e. The number of benzene rings is 2. The third kappa shape index (κ3) is 3.03. The van der Waals surface area contributed by atoms with Gasteiger partial charge in [-0.25, -0.2) is 9.07 Å². The number of carbonyl (C=O) groups is 1. The van der Waals surface area contributed by atoms with Crippen molar-refractivity contribution in [1.29, 1.82) is 0 Å². The number of rotatable bonds is 3. The maximum Gasteiger partial charge on any atom is 0.274 e. The van der Waals surface area contributed by atoms with E-state index in [9.17, 15) is 14.4 Å². The lowest BCUT2D eigenvalue weighted by atomic mass is 10.1. The lowest BCUT2D eigenvalue weighted by molar-refractivity contribution is -0.178. The standard InChI is InChI=1S/C18H13BrFN3O3/c19-12-3-7-14(8-4-12)22-9-15(18-23(25)16(24)10-26-18)17(21-22)11-1-5-13(20)6-2-11/h1-9,18,25H,10H2. The maximum absolute atomic E-state index is 13.3. The predicted molar refractivity (Wildman–Crippen MR) is 94.0 cm³/mol. The summed E-state index contributed by atoms with van der Waals surface area (Å²) >= 11 is 3.39. The number of amides is 1.